The molecule has 2 aromatic rings. The number of fused-ring (bicyclic) bond motifs is 1. The van der Waals surface area contributed by atoms with Gasteiger partial charge in [0, 0.05) is 5.69 Å². The van der Waals surface area contributed by atoms with Gasteiger partial charge in [-0.3, -0.25) is 0 Å². The molecular weight excluding hydrogens is 290 g/mol. The number of anilines is 1. The zero-order valence-electron chi connectivity index (χ0n) is 12.5. The SMILES string of the molecule is N#Cc1ccc(NC(=O)NC2(CO)CCc3ccccc32)cc1. The molecule has 0 spiro atoms. The third-order valence-corrected chi connectivity index (χ3v) is 4.25. The Hall–Kier alpha value is -2.84. The number of rotatable bonds is 3. The second-order valence-corrected chi connectivity index (χ2v) is 5.67. The number of urea groups is 1. The number of carbonyl (C=O) groups is 1. The molecule has 2 amide bonds. The lowest BCUT2D eigenvalue weighted by Crippen LogP contribution is -2.48. The van der Waals surface area contributed by atoms with Crippen molar-refractivity contribution in [2.24, 2.45) is 0 Å². The lowest BCUT2D eigenvalue weighted by molar-refractivity contribution is 0.164. The van der Waals surface area contributed by atoms with Gasteiger partial charge in [-0.25, -0.2) is 4.79 Å². The molecule has 23 heavy (non-hydrogen) atoms. The molecule has 0 radical (unpaired) electrons. The van der Waals surface area contributed by atoms with E-state index in [1.165, 1.54) is 0 Å². The molecule has 0 aliphatic heterocycles. The molecule has 5 heteroatoms. The maximum Gasteiger partial charge on any atom is 0.320 e. The van der Waals surface area contributed by atoms with Gasteiger partial charge in [-0.2, -0.15) is 5.26 Å². The van der Waals surface area contributed by atoms with E-state index >= 15 is 0 Å². The van der Waals surface area contributed by atoms with Crippen LogP contribution in [0.5, 0.6) is 0 Å². The fourth-order valence-electron chi connectivity index (χ4n) is 3.03. The molecule has 1 unspecified atom stereocenters. The van der Waals surface area contributed by atoms with Crippen LogP contribution in [0.4, 0.5) is 10.5 Å². The lowest BCUT2D eigenvalue weighted by atomic mass is 9.93. The Morgan fingerprint density at radius 2 is 1.96 bits per heavy atom. The summed E-state index contributed by atoms with van der Waals surface area (Å²) in [7, 11) is 0. The second kappa shape index (κ2) is 6.11. The average molecular weight is 307 g/mol. The minimum atomic E-state index is -0.743. The van der Waals surface area contributed by atoms with E-state index < -0.39 is 5.54 Å². The molecule has 0 bridgehead atoms. The van der Waals surface area contributed by atoms with Crippen LogP contribution in [0.25, 0.3) is 0 Å². The van der Waals surface area contributed by atoms with Crippen LogP contribution in [0.3, 0.4) is 0 Å². The summed E-state index contributed by atoms with van der Waals surface area (Å²) < 4.78 is 0. The van der Waals surface area contributed by atoms with Gasteiger partial charge in [-0.1, -0.05) is 24.3 Å². The molecule has 0 fully saturated rings. The smallest absolute Gasteiger partial charge is 0.320 e. The third-order valence-electron chi connectivity index (χ3n) is 4.25. The van der Waals surface area contributed by atoms with Crippen molar-refractivity contribution < 1.29 is 9.90 Å². The average Bonchev–Trinajstić information content (AvgIpc) is 2.95. The summed E-state index contributed by atoms with van der Waals surface area (Å²) in [5, 5.41) is 24.3. The van der Waals surface area contributed by atoms with Crippen LogP contribution in [0.15, 0.2) is 48.5 Å². The maximum absolute atomic E-state index is 12.3. The Kier molecular flexibility index (Phi) is 4.00. The van der Waals surface area contributed by atoms with Crippen LogP contribution in [0.1, 0.15) is 23.1 Å². The van der Waals surface area contributed by atoms with E-state index in [9.17, 15) is 9.90 Å². The number of aliphatic hydroxyl groups is 1. The highest BCUT2D eigenvalue weighted by Crippen LogP contribution is 2.36. The van der Waals surface area contributed by atoms with Crippen LogP contribution in [-0.2, 0) is 12.0 Å². The molecule has 1 atom stereocenters. The van der Waals surface area contributed by atoms with Crippen LogP contribution >= 0.6 is 0 Å². The number of hydrogen-bond acceptors (Lipinski definition) is 3. The molecule has 116 valence electrons. The fraction of sp³-hybridized carbons (Fsp3) is 0.222. The van der Waals surface area contributed by atoms with Gasteiger partial charge in [0.05, 0.1) is 23.8 Å². The van der Waals surface area contributed by atoms with Gasteiger partial charge in [0.1, 0.15) is 0 Å². The Labute approximate surface area is 134 Å². The van der Waals surface area contributed by atoms with E-state index in [0.717, 1.165) is 17.5 Å². The van der Waals surface area contributed by atoms with Crippen LogP contribution < -0.4 is 10.6 Å². The van der Waals surface area contributed by atoms with Gasteiger partial charge < -0.3 is 15.7 Å². The molecule has 1 aliphatic carbocycles. The Balaban J connectivity index is 1.75. The number of aryl methyl sites for hydroxylation is 1. The number of amides is 2. The number of carbonyl (C=O) groups excluding carboxylic acids is 1. The van der Waals surface area contributed by atoms with Gasteiger partial charge in [0.2, 0.25) is 0 Å². The Morgan fingerprint density at radius 3 is 2.65 bits per heavy atom. The van der Waals surface area contributed by atoms with E-state index in [0.29, 0.717) is 17.7 Å². The minimum absolute atomic E-state index is 0.148. The Morgan fingerprint density at radius 1 is 1.22 bits per heavy atom. The van der Waals surface area contributed by atoms with Crippen LogP contribution in [0.2, 0.25) is 0 Å². The summed E-state index contributed by atoms with van der Waals surface area (Å²) in [6.45, 7) is -0.148. The molecule has 3 N–H and O–H groups in total. The number of nitrogens with one attached hydrogen (secondary N) is 2. The number of benzene rings is 2. The summed E-state index contributed by atoms with van der Waals surface area (Å²) in [5.41, 5.74) is 2.51. The van der Waals surface area contributed by atoms with Crippen molar-refractivity contribution in [3.63, 3.8) is 0 Å². The van der Waals surface area contributed by atoms with E-state index in [1.807, 2.05) is 30.3 Å². The fourth-order valence-corrected chi connectivity index (χ4v) is 3.03. The number of nitriles is 1. The summed E-state index contributed by atoms with van der Waals surface area (Å²) >= 11 is 0. The molecule has 0 aromatic heterocycles. The highest BCUT2D eigenvalue weighted by molar-refractivity contribution is 5.90. The number of nitrogens with zero attached hydrogens (tertiary/aromatic N) is 1. The first kappa shape index (κ1) is 15.1. The number of aliphatic hydroxyl groups excluding tert-OH is 1. The largest absolute Gasteiger partial charge is 0.394 e. The van der Waals surface area contributed by atoms with Gasteiger partial charge >= 0.3 is 6.03 Å². The summed E-state index contributed by atoms with van der Waals surface area (Å²) in [4.78, 5) is 12.3. The molecule has 0 saturated heterocycles. The third kappa shape index (κ3) is 2.89. The van der Waals surface area contributed by atoms with Crippen molar-refractivity contribution in [3.8, 4) is 6.07 Å². The topological polar surface area (TPSA) is 85.2 Å². The van der Waals surface area contributed by atoms with Crippen molar-refractivity contribution in [3.05, 3.63) is 65.2 Å². The zero-order valence-corrected chi connectivity index (χ0v) is 12.5. The highest BCUT2D eigenvalue weighted by atomic mass is 16.3. The van der Waals surface area contributed by atoms with Gasteiger partial charge in [0.25, 0.3) is 0 Å². The summed E-state index contributed by atoms with van der Waals surface area (Å²) in [6.07, 6.45) is 1.50. The molecule has 0 saturated carbocycles. The van der Waals surface area contributed by atoms with Gasteiger partial charge in [0.15, 0.2) is 0 Å². The quantitative estimate of drug-likeness (QED) is 0.814. The van der Waals surface area contributed by atoms with Crippen molar-refractivity contribution in [1.29, 1.82) is 5.26 Å². The number of hydrogen-bond donors (Lipinski definition) is 3. The lowest BCUT2D eigenvalue weighted by Gasteiger charge is -2.29. The molecule has 0 heterocycles. The van der Waals surface area contributed by atoms with Crippen molar-refractivity contribution in [2.75, 3.05) is 11.9 Å². The minimum Gasteiger partial charge on any atom is -0.394 e. The van der Waals surface area contributed by atoms with Crippen LogP contribution in [0, 0.1) is 11.3 Å². The summed E-state index contributed by atoms with van der Waals surface area (Å²) in [6, 6.07) is 16.1. The first-order chi connectivity index (χ1) is 11.2. The van der Waals surface area contributed by atoms with Crippen molar-refractivity contribution in [2.45, 2.75) is 18.4 Å². The van der Waals surface area contributed by atoms with Gasteiger partial charge in [-0.05, 0) is 48.2 Å². The van der Waals surface area contributed by atoms with Crippen LogP contribution in [-0.4, -0.2) is 17.7 Å². The van der Waals surface area contributed by atoms with E-state index in [-0.39, 0.29) is 12.6 Å². The monoisotopic (exact) mass is 307 g/mol. The first-order valence-electron chi connectivity index (χ1n) is 7.45. The molecule has 5 nitrogen and oxygen atoms in total. The predicted molar refractivity (Wildman–Crippen MR) is 86.8 cm³/mol. The van der Waals surface area contributed by atoms with E-state index in [2.05, 4.69) is 10.6 Å². The van der Waals surface area contributed by atoms with Crippen molar-refractivity contribution in [1.82, 2.24) is 5.32 Å². The standard InChI is InChI=1S/C18H17N3O2/c19-11-13-5-7-15(8-6-13)20-17(23)21-18(12-22)10-9-14-3-1-2-4-16(14)18/h1-8,22H,9-10,12H2,(H2,20,21,23). The first-order valence-corrected chi connectivity index (χ1v) is 7.45. The molecule has 3 rings (SSSR count). The highest BCUT2D eigenvalue weighted by Gasteiger charge is 2.39. The van der Waals surface area contributed by atoms with E-state index in [1.54, 1.807) is 24.3 Å². The van der Waals surface area contributed by atoms with E-state index in [4.69, 9.17) is 5.26 Å². The summed E-state index contributed by atoms with van der Waals surface area (Å²) in [5.74, 6) is 0. The molecular formula is C18H17N3O2. The normalized spacial score (nSPS) is 18.8. The van der Waals surface area contributed by atoms with Crippen molar-refractivity contribution >= 4 is 11.7 Å². The van der Waals surface area contributed by atoms with Gasteiger partial charge in [-0.15, -0.1) is 0 Å². The zero-order chi connectivity index (χ0) is 16.3. The molecule has 2 aromatic carbocycles. The molecule has 1 aliphatic rings. The Bertz CT molecular complexity index is 765. The predicted octanol–water partition coefficient (Wildman–Crippen LogP) is 2.51. The second-order valence-electron chi connectivity index (χ2n) is 5.67. The maximum atomic E-state index is 12.3.